The molecule has 0 aliphatic heterocycles. The highest BCUT2D eigenvalue weighted by molar-refractivity contribution is 7.99. The van der Waals surface area contributed by atoms with Crippen molar-refractivity contribution in [1.82, 2.24) is 4.90 Å². The summed E-state index contributed by atoms with van der Waals surface area (Å²) < 4.78 is 5.33. The van der Waals surface area contributed by atoms with Crippen LogP contribution in [-0.4, -0.2) is 30.7 Å². The topological polar surface area (TPSA) is 29.5 Å². The summed E-state index contributed by atoms with van der Waals surface area (Å²) in [5.41, 5.74) is 3.39. The zero-order chi connectivity index (χ0) is 17.5. The molecule has 1 amide bonds. The maximum Gasteiger partial charge on any atom is 0.232 e. The Morgan fingerprint density at radius 1 is 1.25 bits per heavy atom. The SMILES string of the molecule is COc1ccc(Cl)cc1CN(C)C(=O)CSCc1cccc(C)c1. The number of methoxy groups -OCH3 is 1. The van der Waals surface area contributed by atoms with E-state index in [0.717, 1.165) is 17.1 Å². The van der Waals surface area contributed by atoms with Gasteiger partial charge in [0.1, 0.15) is 5.75 Å². The summed E-state index contributed by atoms with van der Waals surface area (Å²) in [7, 11) is 3.42. The zero-order valence-corrected chi connectivity index (χ0v) is 15.8. The number of thioether (sulfide) groups is 1. The van der Waals surface area contributed by atoms with Gasteiger partial charge in [-0.15, -0.1) is 11.8 Å². The highest BCUT2D eigenvalue weighted by Gasteiger charge is 2.12. The Kier molecular flexibility index (Phi) is 7.00. The molecule has 3 nitrogen and oxygen atoms in total. The number of rotatable bonds is 7. The Balaban J connectivity index is 1.87. The van der Waals surface area contributed by atoms with Crippen molar-refractivity contribution < 1.29 is 9.53 Å². The lowest BCUT2D eigenvalue weighted by molar-refractivity contribution is -0.127. The number of carbonyl (C=O) groups excluding carboxylic acids is 1. The number of hydrogen-bond acceptors (Lipinski definition) is 3. The molecular weight excluding hydrogens is 342 g/mol. The van der Waals surface area contributed by atoms with Crippen molar-refractivity contribution in [2.75, 3.05) is 19.9 Å². The van der Waals surface area contributed by atoms with Crippen LogP contribution in [0.15, 0.2) is 42.5 Å². The van der Waals surface area contributed by atoms with Crippen LogP contribution in [0.4, 0.5) is 0 Å². The predicted molar refractivity (Wildman–Crippen MR) is 102 cm³/mol. The highest BCUT2D eigenvalue weighted by Crippen LogP contribution is 2.24. The first-order valence-corrected chi connectivity index (χ1v) is 9.22. The van der Waals surface area contributed by atoms with Crippen LogP contribution in [0.1, 0.15) is 16.7 Å². The summed E-state index contributed by atoms with van der Waals surface area (Å²) in [5, 5.41) is 0.639. The largest absolute Gasteiger partial charge is 0.496 e. The molecule has 0 saturated heterocycles. The number of aryl methyl sites for hydroxylation is 1. The van der Waals surface area contributed by atoms with Crippen molar-refractivity contribution in [2.45, 2.75) is 19.2 Å². The van der Waals surface area contributed by atoms with E-state index in [1.807, 2.05) is 18.2 Å². The van der Waals surface area contributed by atoms with Crippen molar-refractivity contribution in [3.8, 4) is 5.75 Å². The quantitative estimate of drug-likeness (QED) is 0.722. The zero-order valence-electron chi connectivity index (χ0n) is 14.2. The molecule has 0 aliphatic carbocycles. The average Bonchev–Trinajstić information content (AvgIpc) is 2.55. The van der Waals surface area contributed by atoms with E-state index in [4.69, 9.17) is 16.3 Å². The van der Waals surface area contributed by atoms with Crippen LogP contribution in [0.5, 0.6) is 5.75 Å². The third-order valence-corrected chi connectivity index (χ3v) is 4.88. The van der Waals surface area contributed by atoms with Gasteiger partial charge in [-0.25, -0.2) is 0 Å². The van der Waals surface area contributed by atoms with Crippen molar-refractivity contribution >= 4 is 29.3 Å². The van der Waals surface area contributed by atoms with Crippen LogP contribution >= 0.6 is 23.4 Å². The van der Waals surface area contributed by atoms with Crippen LogP contribution in [0.3, 0.4) is 0 Å². The highest BCUT2D eigenvalue weighted by atomic mass is 35.5. The van der Waals surface area contributed by atoms with Gasteiger partial charge < -0.3 is 9.64 Å². The summed E-state index contributed by atoms with van der Waals surface area (Å²) in [6.45, 7) is 2.55. The van der Waals surface area contributed by atoms with Crippen LogP contribution in [-0.2, 0) is 17.1 Å². The molecular formula is C19H22ClNO2S. The van der Waals surface area contributed by atoms with Gasteiger partial charge in [-0.3, -0.25) is 4.79 Å². The second-order valence-electron chi connectivity index (χ2n) is 5.69. The second-order valence-corrected chi connectivity index (χ2v) is 7.11. The first kappa shape index (κ1) is 18.7. The van der Waals surface area contributed by atoms with E-state index < -0.39 is 0 Å². The van der Waals surface area contributed by atoms with Gasteiger partial charge >= 0.3 is 0 Å². The molecule has 0 aliphatic rings. The number of halogens is 1. The number of nitrogens with zero attached hydrogens (tertiary/aromatic N) is 1. The molecule has 0 saturated carbocycles. The molecule has 2 rings (SSSR count). The summed E-state index contributed by atoms with van der Waals surface area (Å²) in [5.74, 6) is 2.12. The molecule has 24 heavy (non-hydrogen) atoms. The van der Waals surface area contributed by atoms with Crippen LogP contribution < -0.4 is 4.74 Å². The Labute approximate surface area is 153 Å². The molecule has 2 aromatic carbocycles. The molecule has 0 unspecified atom stereocenters. The maximum atomic E-state index is 12.3. The molecule has 0 N–H and O–H groups in total. The van der Waals surface area contributed by atoms with Gasteiger partial charge in [0.25, 0.3) is 0 Å². The molecule has 0 radical (unpaired) electrons. The first-order chi connectivity index (χ1) is 11.5. The molecule has 2 aromatic rings. The van der Waals surface area contributed by atoms with Crippen molar-refractivity contribution in [3.63, 3.8) is 0 Å². The summed E-state index contributed by atoms with van der Waals surface area (Å²) >= 11 is 7.66. The first-order valence-electron chi connectivity index (χ1n) is 7.69. The van der Waals surface area contributed by atoms with E-state index >= 15 is 0 Å². The standard InChI is InChI=1S/C19H22ClNO2S/c1-14-5-4-6-15(9-14)12-24-13-19(22)21(2)11-16-10-17(20)7-8-18(16)23-3/h4-10H,11-13H2,1-3H3. The fourth-order valence-electron chi connectivity index (χ4n) is 2.38. The van der Waals surface area contributed by atoms with E-state index in [1.165, 1.54) is 11.1 Å². The average molecular weight is 364 g/mol. The second kappa shape index (κ2) is 9.00. The molecule has 128 valence electrons. The van der Waals surface area contributed by atoms with E-state index in [1.54, 1.807) is 36.9 Å². The third-order valence-electron chi connectivity index (χ3n) is 3.65. The lowest BCUT2D eigenvalue weighted by atomic mass is 10.2. The van der Waals surface area contributed by atoms with Crippen molar-refractivity contribution in [1.29, 1.82) is 0 Å². The minimum atomic E-state index is 0.0923. The maximum absolute atomic E-state index is 12.3. The summed E-state index contributed by atoms with van der Waals surface area (Å²) in [4.78, 5) is 14.0. The van der Waals surface area contributed by atoms with Gasteiger partial charge in [-0.2, -0.15) is 0 Å². The van der Waals surface area contributed by atoms with E-state index in [9.17, 15) is 4.79 Å². The molecule has 0 atom stereocenters. The van der Waals surface area contributed by atoms with Gasteiger partial charge in [0.05, 0.1) is 12.9 Å². The lowest BCUT2D eigenvalue weighted by Crippen LogP contribution is -2.28. The van der Waals surface area contributed by atoms with Crippen molar-refractivity contribution in [2.24, 2.45) is 0 Å². The Hall–Kier alpha value is -1.65. The van der Waals surface area contributed by atoms with E-state index in [2.05, 4.69) is 25.1 Å². The number of benzene rings is 2. The Bertz CT molecular complexity index is 706. The molecule has 0 spiro atoms. The van der Waals surface area contributed by atoms with Gasteiger partial charge in [-0.1, -0.05) is 41.4 Å². The van der Waals surface area contributed by atoms with Crippen LogP contribution in [0, 0.1) is 6.92 Å². The number of hydrogen-bond donors (Lipinski definition) is 0. The molecule has 0 aromatic heterocycles. The van der Waals surface area contributed by atoms with Crippen molar-refractivity contribution in [3.05, 3.63) is 64.2 Å². The molecule has 0 bridgehead atoms. The lowest BCUT2D eigenvalue weighted by Gasteiger charge is -2.19. The van der Waals surface area contributed by atoms with Gasteiger partial charge in [0.15, 0.2) is 0 Å². The van der Waals surface area contributed by atoms with Gasteiger partial charge in [-0.05, 0) is 30.7 Å². The minimum absolute atomic E-state index is 0.0923. The fourth-order valence-corrected chi connectivity index (χ4v) is 3.49. The monoisotopic (exact) mass is 363 g/mol. The minimum Gasteiger partial charge on any atom is -0.496 e. The molecule has 0 heterocycles. The summed E-state index contributed by atoms with van der Waals surface area (Å²) in [6.07, 6.45) is 0. The normalized spacial score (nSPS) is 10.5. The number of ether oxygens (including phenoxy) is 1. The number of carbonyl (C=O) groups is 1. The van der Waals surface area contributed by atoms with Crippen LogP contribution in [0.25, 0.3) is 0 Å². The summed E-state index contributed by atoms with van der Waals surface area (Å²) in [6, 6.07) is 13.8. The number of amides is 1. The fraction of sp³-hybridized carbons (Fsp3) is 0.316. The van der Waals surface area contributed by atoms with Gasteiger partial charge in [0, 0.05) is 29.9 Å². The van der Waals surface area contributed by atoms with Crippen LogP contribution in [0.2, 0.25) is 5.02 Å². The van der Waals surface area contributed by atoms with E-state index in [0.29, 0.717) is 17.3 Å². The molecule has 5 heteroatoms. The molecule has 0 fully saturated rings. The smallest absolute Gasteiger partial charge is 0.232 e. The Morgan fingerprint density at radius 2 is 2.04 bits per heavy atom. The Morgan fingerprint density at radius 3 is 2.75 bits per heavy atom. The van der Waals surface area contributed by atoms with Gasteiger partial charge in [0.2, 0.25) is 5.91 Å². The van der Waals surface area contributed by atoms with E-state index in [-0.39, 0.29) is 5.91 Å². The predicted octanol–water partition coefficient (Wildman–Crippen LogP) is 4.55. The third kappa shape index (κ3) is 5.46.